The Kier molecular flexibility index (Phi) is 5.08. The molecule has 0 fully saturated rings. The summed E-state index contributed by atoms with van der Waals surface area (Å²) in [5.41, 5.74) is 3.04. The Hall–Kier alpha value is -3.18. The molecule has 4 rings (SSSR count). The van der Waals surface area contributed by atoms with Crippen molar-refractivity contribution in [2.24, 2.45) is 0 Å². The Bertz CT molecular complexity index is 1030. The van der Waals surface area contributed by atoms with E-state index in [-0.39, 0.29) is 18.4 Å². The number of anilines is 1. The molecular formula is C23H22N2O3. The maximum Gasteiger partial charge on any atom is 0.323 e. The molecule has 1 heterocycles. The molecule has 0 radical (unpaired) electrons. The molecule has 1 aliphatic rings. The van der Waals surface area contributed by atoms with Gasteiger partial charge in [-0.25, -0.2) is 0 Å². The van der Waals surface area contributed by atoms with Gasteiger partial charge in [0.15, 0.2) is 0 Å². The SMILES string of the molecule is COC(=O)[C@@H]1Cc2ccccc2CN1CC(=O)Nc1cccc2ccccc12. The number of nitrogens with one attached hydrogen (secondary N) is 1. The van der Waals surface area contributed by atoms with Crippen LogP contribution in [-0.4, -0.2) is 36.5 Å². The lowest BCUT2D eigenvalue weighted by atomic mass is 9.94. The van der Waals surface area contributed by atoms with Crippen molar-refractivity contribution in [3.05, 3.63) is 77.9 Å². The first-order chi connectivity index (χ1) is 13.7. The number of benzene rings is 3. The fraction of sp³-hybridized carbons (Fsp3) is 0.217. The van der Waals surface area contributed by atoms with Crippen molar-refractivity contribution in [1.29, 1.82) is 0 Å². The Balaban J connectivity index is 1.54. The maximum absolute atomic E-state index is 12.8. The summed E-state index contributed by atoms with van der Waals surface area (Å²) in [4.78, 5) is 27.0. The third-order valence-corrected chi connectivity index (χ3v) is 5.23. The number of hydrogen-bond donors (Lipinski definition) is 1. The third kappa shape index (κ3) is 3.62. The van der Waals surface area contributed by atoms with E-state index in [1.165, 1.54) is 7.11 Å². The van der Waals surface area contributed by atoms with Crippen molar-refractivity contribution < 1.29 is 14.3 Å². The second-order valence-electron chi connectivity index (χ2n) is 6.99. The minimum atomic E-state index is -0.460. The lowest BCUT2D eigenvalue weighted by Gasteiger charge is -2.34. The summed E-state index contributed by atoms with van der Waals surface area (Å²) in [7, 11) is 1.39. The lowest BCUT2D eigenvalue weighted by molar-refractivity contribution is -0.148. The highest BCUT2D eigenvalue weighted by Gasteiger charge is 2.33. The molecule has 0 saturated heterocycles. The summed E-state index contributed by atoms with van der Waals surface area (Å²) in [5.74, 6) is -0.461. The molecule has 1 N–H and O–H groups in total. The molecule has 1 atom stereocenters. The van der Waals surface area contributed by atoms with Gasteiger partial charge in [0.1, 0.15) is 6.04 Å². The van der Waals surface area contributed by atoms with Crippen LogP contribution in [0, 0.1) is 0 Å². The largest absolute Gasteiger partial charge is 0.468 e. The monoisotopic (exact) mass is 374 g/mol. The van der Waals surface area contributed by atoms with Crippen LogP contribution in [0.3, 0.4) is 0 Å². The zero-order valence-corrected chi connectivity index (χ0v) is 15.7. The van der Waals surface area contributed by atoms with Crippen molar-refractivity contribution in [2.45, 2.75) is 19.0 Å². The van der Waals surface area contributed by atoms with Gasteiger partial charge in [0.2, 0.25) is 5.91 Å². The number of nitrogens with zero attached hydrogens (tertiary/aromatic N) is 1. The van der Waals surface area contributed by atoms with Crippen LogP contribution < -0.4 is 5.32 Å². The summed E-state index contributed by atoms with van der Waals surface area (Å²) in [5, 5.41) is 5.06. The first-order valence-corrected chi connectivity index (χ1v) is 9.32. The van der Waals surface area contributed by atoms with Gasteiger partial charge in [-0.15, -0.1) is 0 Å². The van der Waals surface area contributed by atoms with Gasteiger partial charge < -0.3 is 10.1 Å². The second-order valence-corrected chi connectivity index (χ2v) is 6.99. The number of esters is 1. The molecule has 5 heteroatoms. The van der Waals surface area contributed by atoms with E-state index in [4.69, 9.17) is 4.74 Å². The van der Waals surface area contributed by atoms with Gasteiger partial charge in [-0.1, -0.05) is 60.7 Å². The molecule has 0 spiro atoms. The van der Waals surface area contributed by atoms with Gasteiger partial charge in [-0.3, -0.25) is 14.5 Å². The third-order valence-electron chi connectivity index (χ3n) is 5.23. The van der Waals surface area contributed by atoms with E-state index in [2.05, 4.69) is 5.32 Å². The first-order valence-electron chi connectivity index (χ1n) is 9.32. The van der Waals surface area contributed by atoms with Crippen molar-refractivity contribution in [1.82, 2.24) is 4.90 Å². The molecule has 1 aliphatic heterocycles. The number of rotatable bonds is 4. The van der Waals surface area contributed by atoms with Gasteiger partial charge >= 0.3 is 5.97 Å². The quantitative estimate of drug-likeness (QED) is 0.712. The van der Waals surface area contributed by atoms with Crippen molar-refractivity contribution >= 4 is 28.3 Å². The highest BCUT2D eigenvalue weighted by molar-refractivity contribution is 6.02. The highest BCUT2D eigenvalue weighted by atomic mass is 16.5. The molecular weight excluding hydrogens is 352 g/mol. The number of carbonyl (C=O) groups excluding carboxylic acids is 2. The van der Waals surface area contributed by atoms with E-state index in [9.17, 15) is 9.59 Å². The molecule has 0 saturated carbocycles. The van der Waals surface area contributed by atoms with Crippen LogP contribution in [0.4, 0.5) is 5.69 Å². The van der Waals surface area contributed by atoms with Gasteiger partial charge in [0, 0.05) is 17.6 Å². The topological polar surface area (TPSA) is 58.6 Å². The summed E-state index contributed by atoms with van der Waals surface area (Å²) in [6.45, 7) is 0.663. The molecule has 0 aromatic heterocycles. The van der Waals surface area contributed by atoms with Crippen LogP contribution in [-0.2, 0) is 27.3 Å². The predicted molar refractivity (Wildman–Crippen MR) is 109 cm³/mol. The zero-order chi connectivity index (χ0) is 19.5. The molecule has 5 nitrogen and oxygen atoms in total. The molecule has 3 aromatic rings. The maximum atomic E-state index is 12.8. The first kappa shape index (κ1) is 18.2. The molecule has 3 aromatic carbocycles. The normalized spacial score (nSPS) is 16.4. The highest BCUT2D eigenvalue weighted by Crippen LogP contribution is 2.25. The summed E-state index contributed by atoms with van der Waals surface area (Å²) in [6.07, 6.45) is 0.546. The smallest absolute Gasteiger partial charge is 0.323 e. The van der Waals surface area contributed by atoms with E-state index in [0.29, 0.717) is 13.0 Å². The number of amides is 1. The number of methoxy groups -OCH3 is 1. The molecule has 28 heavy (non-hydrogen) atoms. The van der Waals surface area contributed by atoms with E-state index in [1.54, 1.807) is 0 Å². The molecule has 0 unspecified atom stereocenters. The van der Waals surface area contributed by atoms with Gasteiger partial charge in [-0.2, -0.15) is 0 Å². The molecule has 0 aliphatic carbocycles. The minimum Gasteiger partial charge on any atom is -0.468 e. The minimum absolute atomic E-state index is 0.122. The second kappa shape index (κ2) is 7.82. The average molecular weight is 374 g/mol. The van der Waals surface area contributed by atoms with Gasteiger partial charge in [0.25, 0.3) is 0 Å². The van der Waals surface area contributed by atoms with E-state index in [0.717, 1.165) is 27.6 Å². The molecule has 0 bridgehead atoms. The van der Waals surface area contributed by atoms with Crippen LogP contribution in [0.15, 0.2) is 66.7 Å². The Morgan fingerprint density at radius 1 is 1.00 bits per heavy atom. The van der Waals surface area contributed by atoms with Crippen molar-refractivity contribution in [3.63, 3.8) is 0 Å². The summed E-state index contributed by atoms with van der Waals surface area (Å²) >= 11 is 0. The van der Waals surface area contributed by atoms with E-state index >= 15 is 0 Å². The number of ether oxygens (including phenoxy) is 1. The average Bonchev–Trinajstić information content (AvgIpc) is 2.73. The lowest BCUT2D eigenvalue weighted by Crippen LogP contribution is -2.49. The van der Waals surface area contributed by atoms with E-state index in [1.807, 2.05) is 71.6 Å². The Morgan fingerprint density at radius 3 is 2.54 bits per heavy atom. The molecule has 1 amide bonds. The van der Waals surface area contributed by atoms with Gasteiger partial charge in [-0.05, 0) is 29.0 Å². The van der Waals surface area contributed by atoms with Crippen LogP contribution >= 0.6 is 0 Å². The zero-order valence-electron chi connectivity index (χ0n) is 15.7. The van der Waals surface area contributed by atoms with Crippen LogP contribution in [0.25, 0.3) is 10.8 Å². The fourth-order valence-electron chi connectivity index (χ4n) is 3.82. The van der Waals surface area contributed by atoms with Crippen molar-refractivity contribution in [2.75, 3.05) is 19.0 Å². The number of fused-ring (bicyclic) bond motifs is 2. The van der Waals surface area contributed by atoms with Crippen molar-refractivity contribution in [3.8, 4) is 0 Å². The van der Waals surface area contributed by atoms with Crippen LogP contribution in [0.1, 0.15) is 11.1 Å². The summed E-state index contributed by atoms with van der Waals surface area (Å²) in [6, 6.07) is 21.3. The van der Waals surface area contributed by atoms with Crippen LogP contribution in [0.5, 0.6) is 0 Å². The van der Waals surface area contributed by atoms with E-state index < -0.39 is 6.04 Å². The van der Waals surface area contributed by atoms with Crippen LogP contribution in [0.2, 0.25) is 0 Å². The number of hydrogen-bond acceptors (Lipinski definition) is 4. The summed E-state index contributed by atoms with van der Waals surface area (Å²) < 4.78 is 4.98. The predicted octanol–water partition coefficient (Wildman–Crippen LogP) is 3.38. The Labute approximate surface area is 163 Å². The molecule has 142 valence electrons. The fourth-order valence-corrected chi connectivity index (χ4v) is 3.82. The standard InChI is InChI=1S/C23H22N2O3/c1-28-23(27)21-13-17-8-2-3-9-18(17)14-25(21)15-22(26)24-20-12-6-10-16-7-4-5-11-19(16)20/h2-12,21H,13-15H2,1H3,(H,24,26)/t21-/m0/s1. The van der Waals surface area contributed by atoms with Gasteiger partial charge in [0.05, 0.1) is 13.7 Å². The number of carbonyl (C=O) groups is 2. The Morgan fingerprint density at radius 2 is 1.71 bits per heavy atom.